The number of carboxylic acids is 1. The van der Waals surface area contributed by atoms with Crippen LogP contribution in [0.5, 0.6) is 5.75 Å². The molecule has 1 N–H and O–H groups in total. The zero-order chi connectivity index (χ0) is 12.5. The van der Waals surface area contributed by atoms with Gasteiger partial charge in [0.05, 0.1) is 13.1 Å². The minimum atomic E-state index is -0.889. The Labute approximate surface area is 101 Å². The number of terminal acetylenes is 1. The Balaban J connectivity index is 2.32. The van der Waals surface area contributed by atoms with Crippen molar-refractivity contribution in [3.05, 3.63) is 30.3 Å². The molecule has 0 unspecified atom stereocenters. The number of para-hydroxylation sites is 1. The van der Waals surface area contributed by atoms with Crippen molar-refractivity contribution >= 4 is 5.97 Å². The van der Waals surface area contributed by atoms with Gasteiger partial charge < -0.3 is 9.84 Å². The number of hydrogen-bond acceptors (Lipinski definition) is 3. The van der Waals surface area contributed by atoms with Crippen LogP contribution >= 0.6 is 0 Å². The van der Waals surface area contributed by atoms with Crippen LogP contribution < -0.4 is 4.74 Å². The molecule has 0 heterocycles. The largest absolute Gasteiger partial charge is 0.492 e. The first-order chi connectivity index (χ1) is 8.22. The molecule has 90 valence electrons. The number of carboxylic acid groups (broad SMARTS) is 1. The van der Waals surface area contributed by atoms with Gasteiger partial charge in [-0.3, -0.25) is 9.69 Å². The van der Waals surface area contributed by atoms with E-state index in [0.29, 0.717) is 19.7 Å². The molecule has 0 aliphatic heterocycles. The lowest BCUT2D eigenvalue weighted by Gasteiger charge is -2.17. The Morgan fingerprint density at radius 3 is 2.71 bits per heavy atom. The molecule has 0 saturated carbocycles. The number of aliphatic carboxylic acids is 1. The Morgan fingerprint density at radius 1 is 1.41 bits per heavy atom. The maximum Gasteiger partial charge on any atom is 0.317 e. The van der Waals surface area contributed by atoms with Crippen molar-refractivity contribution in [1.29, 1.82) is 0 Å². The molecule has 0 aromatic heterocycles. The van der Waals surface area contributed by atoms with Crippen LogP contribution in [0.25, 0.3) is 0 Å². The van der Waals surface area contributed by atoms with Crippen molar-refractivity contribution in [2.24, 2.45) is 0 Å². The summed E-state index contributed by atoms with van der Waals surface area (Å²) in [5.41, 5.74) is 0. The number of rotatable bonds is 7. The van der Waals surface area contributed by atoms with E-state index in [1.54, 1.807) is 4.90 Å². The summed E-state index contributed by atoms with van der Waals surface area (Å²) in [5.74, 6) is 2.31. The first-order valence-electron chi connectivity index (χ1n) is 5.28. The topological polar surface area (TPSA) is 49.8 Å². The van der Waals surface area contributed by atoms with Gasteiger partial charge in [0.25, 0.3) is 0 Å². The second-order valence-electron chi connectivity index (χ2n) is 3.47. The summed E-state index contributed by atoms with van der Waals surface area (Å²) < 4.78 is 5.46. The number of hydrogen-bond donors (Lipinski definition) is 1. The number of carbonyl (C=O) groups is 1. The van der Waals surface area contributed by atoms with Gasteiger partial charge in [-0.1, -0.05) is 24.1 Å². The third-order valence-corrected chi connectivity index (χ3v) is 2.09. The van der Waals surface area contributed by atoms with E-state index in [1.165, 1.54) is 0 Å². The predicted molar refractivity (Wildman–Crippen MR) is 64.8 cm³/mol. The number of benzene rings is 1. The van der Waals surface area contributed by atoms with Gasteiger partial charge in [0.1, 0.15) is 12.4 Å². The molecule has 0 fully saturated rings. The molecule has 0 aliphatic carbocycles. The lowest BCUT2D eigenvalue weighted by Crippen LogP contribution is -2.33. The summed E-state index contributed by atoms with van der Waals surface area (Å²) in [6.07, 6.45) is 5.16. The average Bonchev–Trinajstić information content (AvgIpc) is 2.30. The lowest BCUT2D eigenvalue weighted by atomic mass is 10.3. The number of nitrogens with zero attached hydrogens (tertiary/aromatic N) is 1. The van der Waals surface area contributed by atoms with Crippen molar-refractivity contribution < 1.29 is 14.6 Å². The van der Waals surface area contributed by atoms with Crippen LogP contribution in [0.15, 0.2) is 30.3 Å². The second-order valence-corrected chi connectivity index (χ2v) is 3.47. The van der Waals surface area contributed by atoms with Crippen molar-refractivity contribution in [3.8, 4) is 18.1 Å². The zero-order valence-electron chi connectivity index (χ0n) is 9.50. The van der Waals surface area contributed by atoms with Gasteiger partial charge in [-0.25, -0.2) is 0 Å². The lowest BCUT2D eigenvalue weighted by molar-refractivity contribution is -0.138. The van der Waals surface area contributed by atoms with Crippen LogP contribution in [0, 0.1) is 12.3 Å². The Bertz CT molecular complexity index is 383. The molecule has 0 aliphatic rings. The van der Waals surface area contributed by atoms with Crippen LogP contribution in [0.3, 0.4) is 0 Å². The molecular weight excluding hydrogens is 218 g/mol. The van der Waals surface area contributed by atoms with Gasteiger partial charge in [-0.05, 0) is 12.1 Å². The highest BCUT2D eigenvalue weighted by molar-refractivity contribution is 5.69. The summed E-state index contributed by atoms with van der Waals surface area (Å²) in [4.78, 5) is 12.2. The third kappa shape index (κ3) is 5.59. The van der Waals surface area contributed by atoms with Crippen LogP contribution in [0.1, 0.15) is 0 Å². The van der Waals surface area contributed by atoms with E-state index in [1.807, 2.05) is 30.3 Å². The summed E-state index contributed by atoms with van der Waals surface area (Å²) in [6, 6.07) is 9.37. The molecule has 0 radical (unpaired) electrons. The summed E-state index contributed by atoms with van der Waals surface area (Å²) >= 11 is 0. The minimum Gasteiger partial charge on any atom is -0.492 e. The van der Waals surface area contributed by atoms with Gasteiger partial charge in [0, 0.05) is 6.54 Å². The summed E-state index contributed by atoms with van der Waals surface area (Å²) in [7, 11) is 0. The van der Waals surface area contributed by atoms with E-state index in [9.17, 15) is 4.79 Å². The van der Waals surface area contributed by atoms with E-state index in [0.717, 1.165) is 5.75 Å². The molecule has 1 aromatic carbocycles. The molecule has 0 saturated heterocycles. The molecule has 0 atom stereocenters. The Morgan fingerprint density at radius 2 is 2.12 bits per heavy atom. The van der Waals surface area contributed by atoms with Crippen LogP contribution in [-0.2, 0) is 4.79 Å². The van der Waals surface area contributed by atoms with Gasteiger partial charge in [0.2, 0.25) is 0 Å². The predicted octanol–water partition coefficient (Wildman–Crippen LogP) is 1.09. The van der Waals surface area contributed by atoms with Gasteiger partial charge in [0.15, 0.2) is 0 Å². The van der Waals surface area contributed by atoms with Crippen LogP contribution in [0.4, 0.5) is 0 Å². The Hall–Kier alpha value is -1.99. The fraction of sp³-hybridized carbons (Fsp3) is 0.308. The van der Waals surface area contributed by atoms with Crippen molar-refractivity contribution in [3.63, 3.8) is 0 Å². The molecular formula is C13H15NO3. The van der Waals surface area contributed by atoms with E-state index in [2.05, 4.69) is 5.92 Å². The fourth-order valence-electron chi connectivity index (χ4n) is 1.34. The summed E-state index contributed by atoms with van der Waals surface area (Å²) in [6.45, 7) is 1.15. The standard InChI is InChI=1S/C13H15NO3/c1-2-8-14(11-13(15)16)9-10-17-12-6-4-3-5-7-12/h1,3-7H,8-11H2,(H,15,16). The average molecular weight is 233 g/mol. The monoisotopic (exact) mass is 233 g/mol. The van der Waals surface area contributed by atoms with E-state index in [4.69, 9.17) is 16.3 Å². The van der Waals surface area contributed by atoms with Crippen molar-refractivity contribution in [1.82, 2.24) is 4.90 Å². The maximum atomic E-state index is 10.6. The van der Waals surface area contributed by atoms with Crippen LogP contribution in [-0.4, -0.2) is 42.2 Å². The minimum absolute atomic E-state index is 0.0671. The zero-order valence-corrected chi connectivity index (χ0v) is 9.50. The second kappa shape index (κ2) is 7.31. The van der Waals surface area contributed by atoms with Gasteiger partial charge in [-0.15, -0.1) is 6.42 Å². The molecule has 0 amide bonds. The normalized spacial score (nSPS) is 9.88. The maximum absolute atomic E-state index is 10.6. The first kappa shape index (κ1) is 13.1. The van der Waals surface area contributed by atoms with E-state index >= 15 is 0 Å². The first-order valence-corrected chi connectivity index (χ1v) is 5.28. The van der Waals surface area contributed by atoms with Crippen molar-refractivity contribution in [2.45, 2.75) is 0 Å². The smallest absolute Gasteiger partial charge is 0.317 e. The molecule has 17 heavy (non-hydrogen) atoms. The van der Waals surface area contributed by atoms with Gasteiger partial charge >= 0.3 is 5.97 Å². The molecule has 0 bridgehead atoms. The quantitative estimate of drug-likeness (QED) is 0.716. The summed E-state index contributed by atoms with van der Waals surface area (Å²) in [5, 5.41) is 8.68. The van der Waals surface area contributed by atoms with Crippen LogP contribution in [0.2, 0.25) is 0 Å². The highest BCUT2D eigenvalue weighted by Gasteiger charge is 2.07. The molecule has 1 rings (SSSR count). The Kier molecular flexibility index (Phi) is 5.62. The fourth-order valence-corrected chi connectivity index (χ4v) is 1.34. The third-order valence-electron chi connectivity index (χ3n) is 2.09. The highest BCUT2D eigenvalue weighted by Crippen LogP contribution is 2.07. The SMILES string of the molecule is C#CCN(CCOc1ccccc1)CC(=O)O. The number of ether oxygens (including phenoxy) is 1. The molecule has 4 heteroatoms. The molecule has 1 aromatic rings. The van der Waals surface area contributed by atoms with E-state index < -0.39 is 5.97 Å². The molecule has 4 nitrogen and oxygen atoms in total. The van der Waals surface area contributed by atoms with Gasteiger partial charge in [-0.2, -0.15) is 0 Å². The van der Waals surface area contributed by atoms with Crippen molar-refractivity contribution in [2.75, 3.05) is 26.2 Å². The molecule has 0 spiro atoms. The van der Waals surface area contributed by atoms with E-state index in [-0.39, 0.29) is 6.54 Å². The highest BCUT2D eigenvalue weighted by atomic mass is 16.5.